The molecule has 0 atom stereocenters. The number of allylic oxidation sites excluding steroid dienone is 1. The zero-order valence-electron chi connectivity index (χ0n) is 18.0. The summed E-state index contributed by atoms with van der Waals surface area (Å²) in [6, 6.07) is 8.20. The summed E-state index contributed by atoms with van der Waals surface area (Å²) in [7, 11) is -0.627. The average molecular weight is 469 g/mol. The molecule has 0 bridgehead atoms. The van der Waals surface area contributed by atoms with Gasteiger partial charge < -0.3 is 9.30 Å². The monoisotopic (exact) mass is 468 g/mol. The molecule has 5 rings (SSSR count). The highest BCUT2D eigenvalue weighted by Crippen LogP contribution is 2.40. The molecule has 170 valence electrons. The zero-order chi connectivity index (χ0) is 23.2. The highest BCUT2D eigenvalue weighted by molar-refractivity contribution is 7.93. The maximum absolute atomic E-state index is 14.3. The molecule has 0 saturated carbocycles. The Morgan fingerprint density at radius 1 is 1.03 bits per heavy atom. The van der Waals surface area contributed by atoms with Crippen molar-refractivity contribution in [3.63, 3.8) is 0 Å². The maximum Gasteiger partial charge on any atom is 0.254 e. The van der Waals surface area contributed by atoms with E-state index in [1.54, 1.807) is 31.4 Å². The van der Waals surface area contributed by atoms with Crippen molar-refractivity contribution in [1.82, 2.24) is 4.57 Å². The molecule has 8 heteroatoms. The van der Waals surface area contributed by atoms with Crippen LogP contribution >= 0.6 is 0 Å². The summed E-state index contributed by atoms with van der Waals surface area (Å²) in [5, 5.41) is 0. The minimum absolute atomic E-state index is 0.0828. The van der Waals surface area contributed by atoms with E-state index in [1.807, 2.05) is 12.2 Å². The molecule has 0 unspecified atom stereocenters. The second kappa shape index (κ2) is 8.26. The summed E-state index contributed by atoms with van der Waals surface area (Å²) >= 11 is 0. The van der Waals surface area contributed by atoms with Crippen molar-refractivity contribution < 1.29 is 17.7 Å². The van der Waals surface area contributed by atoms with Crippen LogP contribution in [-0.2, 0) is 23.2 Å². The van der Waals surface area contributed by atoms with Gasteiger partial charge in [0.05, 0.1) is 15.4 Å². The Morgan fingerprint density at radius 3 is 2.55 bits per heavy atom. The van der Waals surface area contributed by atoms with Crippen LogP contribution in [0.3, 0.4) is 0 Å². The first-order valence-electron chi connectivity index (χ1n) is 10.7. The molecule has 1 saturated heterocycles. The van der Waals surface area contributed by atoms with Gasteiger partial charge in [-0.25, -0.2) is 13.0 Å². The van der Waals surface area contributed by atoms with Crippen LogP contribution in [0.25, 0.3) is 17.2 Å². The summed E-state index contributed by atoms with van der Waals surface area (Å²) in [6.45, 7) is 0. The Balaban J connectivity index is 1.70. The van der Waals surface area contributed by atoms with Gasteiger partial charge in [0.15, 0.2) is 11.6 Å². The average Bonchev–Trinajstić information content (AvgIpc) is 3.43. The Morgan fingerprint density at radius 2 is 1.79 bits per heavy atom. The largest absolute Gasteiger partial charge is 0.454 e. The van der Waals surface area contributed by atoms with Gasteiger partial charge in [0.25, 0.3) is 5.56 Å². The molecule has 0 amide bonds. The van der Waals surface area contributed by atoms with Crippen LogP contribution in [-0.4, -0.2) is 20.3 Å². The van der Waals surface area contributed by atoms with E-state index >= 15 is 0 Å². The van der Waals surface area contributed by atoms with Gasteiger partial charge in [-0.15, -0.1) is 0 Å². The molecule has 1 aromatic heterocycles. The number of hydrogen-bond donors (Lipinski definition) is 0. The second-order valence-corrected chi connectivity index (χ2v) is 10.8. The van der Waals surface area contributed by atoms with Crippen LogP contribution < -0.4 is 10.3 Å². The number of rotatable bonds is 4. The molecule has 2 heterocycles. The molecule has 1 fully saturated rings. The smallest absolute Gasteiger partial charge is 0.254 e. The van der Waals surface area contributed by atoms with Gasteiger partial charge in [0, 0.05) is 47.5 Å². The number of ether oxygens (including phenoxy) is 1. The molecule has 1 aliphatic carbocycles. The third-order valence-electron chi connectivity index (χ3n) is 5.94. The first-order chi connectivity index (χ1) is 15.8. The number of fused-ring (bicyclic) bond motifs is 1. The Hall–Kier alpha value is -3.26. The van der Waals surface area contributed by atoms with E-state index in [1.165, 1.54) is 10.6 Å². The van der Waals surface area contributed by atoms with Crippen LogP contribution in [0.15, 0.2) is 57.8 Å². The van der Waals surface area contributed by atoms with Gasteiger partial charge in [0.1, 0.15) is 11.6 Å². The van der Waals surface area contributed by atoms with Crippen LogP contribution in [0.2, 0.25) is 0 Å². The fourth-order valence-electron chi connectivity index (χ4n) is 4.30. The first kappa shape index (κ1) is 21.6. The lowest BCUT2D eigenvalue weighted by atomic mass is 9.98. The van der Waals surface area contributed by atoms with Crippen LogP contribution in [0.5, 0.6) is 11.5 Å². The number of aromatic nitrogens is 1. The Labute approximate surface area is 190 Å². The molecule has 0 N–H and O–H groups in total. The highest BCUT2D eigenvalue weighted by atomic mass is 32.2. The predicted molar refractivity (Wildman–Crippen MR) is 125 cm³/mol. The number of aryl methyl sites for hydroxylation is 1. The lowest BCUT2D eigenvalue weighted by molar-refractivity contribution is 0.439. The Kier molecular flexibility index (Phi) is 5.40. The van der Waals surface area contributed by atoms with E-state index in [9.17, 15) is 17.8 Å². The quantitative estimate of drug-likeness (QED) is 0.502. The number of pyridine rings is 1. The number of nitrogens with zero attached hydrogens (tertiary/aromatic N) is 2. The maximum atomic E-state index is 14.3. The summed E-state index contributed by atoms with van der Waals surface area (Å²) in [5.41, 5.74) is 3.19. The van der Waals surface area contributed by atoms with Crippen LogP contribution in [0.1, 0.15) is 24.0 Å². The van der Waals surface area contributed by atoms with Gasteiger partial charge in [-0.1, -0.05) is 12.2 Å². The van der Waals surface area contributed by atoms with Crippen LogP contribution in [0.4, 0.5) is 14.5 Å². The number of hydrogen-bond acceptors (Lipinski definition) is 4. The summed E-state index contributed by atoms with van der Waals surface area (Å²) in [5.74, 6) is -0.189. The van der Waals surface area contributed by atoms with Crippen LogP contribution in [0, 0.1) is 11.6 Å². The first-order valence-corrected chi connectivity index (χ1v) is 12.6. The van der Waals surface area contributed by atoms with E-state index in [4.69, 9.17) is 4.74 Å². The fraction of sp³-hybridized carbons (Fsp3) is 0.240. The van der Waals surface area contributed by atoms with Crippen molar-refractivity contribution in [2.24, 2.45) is 11.4 Å². The summed E-state index contributed by atoms with van der Waals surface area (Å²) < 4.78 is 52.6. The molecule has 0 spiro atoms. The summed E-state index contributed by atoms with van der Waals surface area (Å²) in [6.07, 6.45) is 7.81. The zero-order valence-corrected chi connectivity index (χ0v) is 18.8. The van der Waals surface area contributed by atoms with E-state index < -0.39 is 21.4 Å². The van der Waals surface area contributed by atoms with Gasteiger partial charge in [-0.05, 0) is 55.2 Å². The molecule has 3 aromatic rings. The SMILES string of the molecule is Cn1cc(-c2cc(N=S3(=O)CCCC3)ccc2Oc2ccc(F)cc2F)c2c(c1=O)CC=C2. The standard InChI is InChI=1S/C25H22F2N2O3S/c1-29-15-21(18-5-4-6-19(18)25(29)30)20-14-17(28-33(31)11-2-3-12-33)8-10-23(20)32-24-9-7-16(26)13-22(24)27/h4-5,7-10,13-15H,2-3,6,11-12H2,1H3. The minimum atomic E-state index is -2.30. The minimum Gasteiger partial charge on any atom is -0.454 e. The number of benzene rings is 2. The topological polar surface area (TPSA) is 60.7 Å². The lowest BCUT2D eigenvalue weighted by Crippen LogP contribution is -2.21. The number of halogens is 2. The summed E-state index contributed by atoms with van der Waals surface area (Å²) in [4.78, 5) is 12.6. The Bertz CT molecular complexity index is 1470. The third kappa shape index (κ3) is 4.11. The predicted octanol–water partition coefficient (Wildman–Crippen LogP) is 5.59. The van der Waals surface area contributed by atoms with Gasteiger partial charge in [-0.2, -0.15) is 4.36 Å². The van der Waals surface area contributed by atoms with Gasteiger partial charge in [-0.3, -0.25) is 4.79 Å². The fourth-order valence-corrected chi connectivity index (χ4v) is 6.50. The van der Waals surface area contributed by atoms with E-state index in [0.29, 0.717) is 40.5 Å². The lowest BCUT2D eigenvalue weighted by Gasteiger charge is -2.16. The van der Waals surface area contributed by atoms with Crippen molar-refractivity contribution >= 4 is 21.5 Å². The molecule has 2 aliphatic rings. The van der Waals surface area contributed by atoms with Crippen molar-refractivity contribution in [2.75, 3.05) is 11.5 Å². The van der Waals surface area contributed by atoms with E-state index in [2.05, 4.69) is 4.36 Å². The molecule has 0 radical (unpaired) electrons. The molecule has 1 aliphatic heterocycles. The normalized spacial score (nSPS) is 16.1. The van der Waals surface area contributed by atoms with Crippen molar-refractivity contribution in [1.29, 1.82) is 0 Å². The highest BCUT2D eigenvalue weighted by Gasteiger charge is 2.22. The third-order valence-corrected chi connectivity index (χ3v) is 8.34. The van der Waals surface area contributed by atoms with E-state index in [0.717, 1.165) is 36.1 Å². The van der Waals surface area contributed by atoms with Gasteiger partial charge in [0.2, 0.25) is 0 Å². The van der Waals surface area contributed by atoms with Gasteiger partial charge >= 0.3 is 0 Å². The van der Waals surface area contributed by atoms with Crippen molar-refractivity contribution in [3.8, 4) is 22.6 Å². The molecular weight excluding hydrogens is 446 g/mol. The van der Waals surface area contributed by atoms with Crippen molar-refractivity contribution in [2.45, 2.75) is 19.3 Å². The molecule has 5 nitrogen and oxygen atoms in total. The molecule has 2 aromatic carbocycles. The molecular formula is C25H22F2N2O3S. The van der Waals surface area contributed by atoms with Crippen molar-refractivity contribution in [3.05, 3.63) is 81.8 Å². The van der Waals surface area contributed by atoms with E-state index in [-0.39, 0.29) is 11.3 Å². The molecule has 33 heavy (non-hydrogen) atoms. The second-order valence-electron chi connectivity index (χ2n) is 8.29.